The lowest BCUT2D eigenvalue weighted by Crippen LogP contribution is -2.43. The van der Waals surface area contributed by atoms with Crippen molar-refractivity contribution in [2.24, 2.45) is 0 Å². The summed E-state index contributed by atoms with van der Waals surface area (Å²) >= 11 is 5.18. The van der Waals surface area contributed by atoms with Gasteiger partial charge in [0.05, 0.1) is 0 Å². The molecular formula is C25H27N3O4S. The van der Waals surface area contributed by atoms with Crippen LogP contribution in [0.5, 0.6) is 5.75 Å². The van der Waals surface area contributed by atoms with E-state index in [9.17, 15) is 9.59 Å². The second-order valence-corrected chi connectivity index (χ2v) is 8.33. The average molecular weight is 466 g/mol. The molecule has 7 nitrogen and oxygen atoms in total. The first-order valence-corrected chi connectivity index (χ1v) is 10.9. The maximum atomic E-state index is 12.4. The third-order valence-electron chi connectivity index (χ3n) is 4.89. The summed E-state index contributed by atoms with van der Waals surface area (Å²) in [4.78, 5) is 23.7. The summed E-state index contributed by atoms with van der Waals surface area (Å²) in [5.74, 6) is 1.30. The van der Waals surface area contributed by atoms with Crippen molar-refractivity contribution in [3.8, 4) is 5.75 Å². The van der Waals surface area contributed by atoms with Gasteiger partial charge in [0.25, 0.3) is 0 Å². The van der Waals surface area contributed by atoms with E-state index >= 15 is 0 Å². The summed E-state index contributed by atoms with van der Waals surface area (Å²) in [6.45, 7) is 7.95. The minimum Gasteiger partial charge on any atom is -0.485 e. The highest BCUT2D eigenvalue weighted by Crippen LogP contribution is 2.28. The van der Waals surface area contributed by atoms with E-state index in [0.717, 1.165) is 16.9 Å². The number of nitrogens with one attached hydrogen (secondary N) is 3. The fourth-order valence-electron chi connectivity index (χ4n) is 3.10. The molecule has 0 fully saturated rings. The number of ketones is 1. The lowest BCUT2D eigenvalue weighted by Gasteiger charge is -2.14. The third-order valence-corrected chi connectivity index (χ3v) is 5.09. The minimum atomic E-state index is -0.476. The highest BCUT2D eigenvalue weighted by Gasteiger charge is 2.13. The molecule has 3 rings (SSSR count). The zero-order chi connectivity index (χ0) is 24.0. The Morgan fingerprint density at radius 1 is 1.03 bits per heavy atom. The summed E-state index contributed by atoms with van der Waals surface area (Å²) in [6.07, 6.45) is 0. The van der Waals surface area contributed by atoms with Gasteiger partial charge in [-0.1, -0.05) is 26.0 Å². The van der Waals surface area contributed by atoms with Gasteiger partial charge in [-0.15, -0.1) is 0 Å². The van der Waals surface area contributed by atoms with Gasteiger partial charge in [0, 0.05) is 11.3 Å². The molecule has 3 N–H and O–H groups in total. The largest absolute Gasteiger partial charge is 0.485 e. The topological polar surface area (TPSA) is 92.6 Å². The number of carbonyl (C=O) groups excluding carboxylic acids is 2. The molecule has 2 aromatic carbocycles. The average Bonchev–Trinajstić information content (AvgIpc) is 3.25. The number of anilines is 1. The van der Waals surface area contributed by atoms with Gasteiger partial charge < -0.3 is 14.5 Å². The molecule has 0 radical (unpaired) electrons. The van der Waals surface area contributed by atoms with Crippen molar-refractivity contribution in [1.82, 2.24) is 10.9 Å². The van der Waals surface area contributed by atoms with Crippen molar-refractivity contribution in [3.63, 3.8) is 0 Å². The van der Waals surface area contributed by atoms with Gasteiger partial charge >= 0.3 is 5.91 Å². The van der Waals surface area contributed by atoms with Gasteiger partial charge in [-0.2, -0.15) is 0 Å². The highest BCUT2D eigenvalue weighted by molar-refractivity contribution is 7.80. The number of carbonyl (C=O) groups is 2. The maximum Gasteiger partial charge on any atom is 0.305 e. The molecule has 33 heavy (non-hydrogen) atoms. The van der Waals surface area contributed by atoms with Crippen LogP contribution in [0.2, 0.25) is 0 Å². The number of hydrogen-bond acceptors (Lipinski definition) is 5. The molecule has 172 valence electrons. The Morgan fingerprint density at radius 2 is 1.76 bits per heavy atom. The summed E-state index contributed by atoms with van der Waals surface area (Å²) in [6, 6.07) is 16.2. The zero-order valence-electron chi connectivity index (χ0n) is 19.0. The molecule has 0 bridgehead atoms. The monoisotopic (exact) mass is 465 g/mol. The quantitative estimate of drug-likeness (QED) is 0.253. The fourth-order valence-corrected chi connectivity index (χ4v) is 3.26. The van der Waals surface area contributed by atoms with Crippen LogP contribution in [-0.4, -0.2) is 16.8 Å². The maximum absolute atomic E-state index is 12.4. The molecule has 0 spiro atoms. The molecule has 1 amide bonds. The number of ether oxygens (including phenoxy) is 1. The third kappa shape index (κ3) is 6.66. The van der Waals surface area contributed by atoms with Crippen LogP contribution < -0.4 is 20.9 Å². The predicted octanol–water partition coefficient (Wildman–Crippen LogP) is 5.12. The molecule has 0 saturated carbocycles. The fraction of sp³-hybridized carbons (Fsp3) is 0.240. The Balaban J connectivity index is 1.51. The second-order valence-electron chi connectivity index (χ2n) is 7.92. The smallest absolute Gasteiger partial charge is 0.305 e. The number of hydrogen-bond donors (Lipinski definition) is 3. The van der Waals surface area contributed by atoms with Crippen LogP contribution in [0.25, 0.3) is 0 Å². The summed E-state index contributed by atoms with van der Waals surface area (Å²) < 4.78 is 11.6. The van der Waals surface area contributed by atoms with Crippen LogP contribution in [-0.2, 0) is 6.61 Å². The highest BCUT2D eigenvalue weighted by atomic mass is 32.1. The van der Waals surface area contributed by atoms with Gasteiger partial charge in [-0.25, -0.2) is 0 Å². The van der Waals surface area contributed by atoms with E-state index in [1.807, 2.05) is 13.0 Å². The molecule has 8 heteroatoms. The lowest BCUT2D eigenvalue weighted by molar-refractivity contribution is 0.0911. The molecule has 0 aliphatic heterocycles. The van der Waals surface area contributed by atoms with E-state index in [4.69, 9.17) is 21.4 Å². The van der Waals surface area contributed by atoms with Crippen LogP contribution in [0.15, 0.2) is 59.0 Å². The predicted molar refractivity (Wildman–Crippen MR) is 132 cm³/mol. The Labute approximate surface area is 198 Å². The number of thiocarbonyl (C=S) groups is 1. The zero-order valence-corrected chi connectivity index (χ0v) is 19.8. The van der Waals surface area contributed by atoms with Crippen molar-refractivity contribution in [1.29, 1.82) is 0 Å². The number of benzene rings is 2. The van der Waals surface area contributed by atoms with Crippen LogP contribution in [0.4, 0.5) is 5.69 Å². The van der Waals surface area contributed by atoms with Crippen LogP contribution in [0, 0.1) is 6.92 Å². The number of amides is 1. The minimum absolute atomic E-state index is 0.0167. The van der Waals surface area contributed by atoms with Crippen molar-refractivity contribution in [3.05, 3.63) is 82.8 Å². The Bertz CT molecular complexity index is 1150. The molecule has 3 aromatic rings. The first-order valence-electron chi connectivity index (χ1n) is 10.5. The first kappa shape index (κ1) is 24.0. The number of rotatable bonds is 7. The van der Waals surface area contributed by atoms with Crippen LogP contribution >= 0.6 is 12.2 Å². The Hall–Kier alpha value is -3.65. The van der Waals surface area contributed by atoms with E-state index < -0.39 is 5.91 Å². The Morgan fingerprint density at radius 3 is 2.42 bits per heavy atom. The van der Waals surface area contributed by atoms with Gasteiger partial charge in [0.15, 0.2) is 16.7 Å². The molecule has 1 aromatic heterocycles. The van der Waals surface area contributed by atoms with Crippen molar-refractivity contribution in [2.75, 3.05) is 5.32 Å². The SMILES string of the molecule is CC(=O)c1ccc(NC(=S)NNC(=O)c2ccc(COc3cc(C)ccc3C(C)C)o2)cc1. The van der Waals surface area contributed by atoms with E-state index in [1.165, 1.54) is 6.92 Å². The molecule has 0 atom stereocenters. The van der Waals surface area contributed by atoms with Gasteiger partial charge in [0.1, 0.15) is 18.1 Å². The van der Waals surface area contributed by atoms with Gasteiger partial charge in [-0.3, -0.25) is 20.4 Å². The van der Waals surface area contributed by atoms with Crippen LogP contribution in [0.1, 0.15) is 64.5 Å². The molecule has 0 aliphatic rings. The lowest BCUT2D eigenvalue weighted by atomic mass is 10.0. The summed E-state index contributed by atoms with van der Waals surface area (Å²) in [7, 11) is 0. The van der Waals surface area contributed by atoms with E-state index in [2.05, 4.69) is 42.1 Å². The van der Waals surface area contributed by atoms with Crippen molar-refractivity contribution >= 4 is 34.7 Å². The van der Waals surface area contributed by atoms with Crippen molar-refractivity contribution in [2.45, 2.75) is 40.2 Å². The van der Waals surface area contributed by atoms with E-state index in [0.29, 0.717) is 22.9 Å². The van der Waals surface area contributed by atoms with Crippen LogP contribution in [0.3, 0.4) is 0 Å². The standard InChI is InChI=1S/C25H27N3O4S/c1-15(2)21-11-5-16(3)13-23(21)31-14-20-10-12-22(32-20)24(30)27-28-25(33)26-19-8-6-18(7-9-19)17(4)29/h5-13,15H,14H2,1-4H3,(H,27,30)(H2,26,28,33). The number of hydrazine groups is 1. The normalized spacial score (nSPS) is 10.6. The summed E-state index contributed by atoms with van der Waals surface area (Å²) in [5.41, 5.74) is 8.62. The Kier molecular flexibility index (Phi) is 7.84. The van der Waals surface area contributed by atoms with Gasteiger partial charge in [0.2, 0.25) is 0 Å². The van der Waals surface area contributed by atoms with E-state index in [-0.39, 0.29) is 23.3 Å². The molecule has 0 saturated heterocycles. The number of aryl methyl sites for hydroxylation is 1. The number of furan rings is 1. The molecule has 0 unspecified atom stereocenters. The second kappa shape index (κ2) is 10.8. The molecule has 0 aliphatic carbocycles. The van der Waals surface area contributed by atoms with Crippen molar-refractivity contribution < 1.29 is 18.7 Å². The number of Topliss-reactive ketones (excluding diaryl/α,β-unsaturated/α-hetero) is 1. The molecular weight excluding hydrogens is 438 g/mol. The van der Waals surface area contributed by atoms with E-state index in [1.54, 1.807) is 36.4 Å². The summed E-state index contributed by atoms with van der Waals surface area (Å²) in [5, 5.41) is 3.11. The molecule has 1 heterocycles. The van der Waals surface area contributed by atoms with Gasteiger partial charge in [-0.05, 0) is 85.6 Å². The first-order chi connectivity index (χ1) is 15.7.